The van der Waals surface area contributed by atoms with Crippen LogP contribution in [-0.4, -0.2) is 33.0 Å². The molecule has 1 saturated carbocycles. The average Bonchev–Trinajstić information content (AvgIpc) is 2.84. The number of imidazole rings is 1. The van der Waals surface area contributed by atoms with E-state index >= 15 is 0 Å². The van der Waals surface area contributed by atoms with Crippen molar-refractivity contribution in [3.8, 4) is 0 Å². The van der Waals surface area contributed by atoms with Gasteiger partial charge in [0.1, 0.15) is 5.82 Å². The predicted molar refractivity (Wildman–Crippen MR) is 84.1 cm³/mol. The van der Waals surface area contributed by atoms with Crippen LogP contribution < -0.4 is 0 Å². The smallest absolute Gasteiger partial charge is 0.108 e. The van der Waals surface area contributed by atoms with Gasteiger partial charge in [-0.25, -0.2) is 4.98 Å². The van der Waals surface area contributed by atoms with Crippen LogP contribution in [0.3, 0.4) is 0 Å². The van der Waals surface area contributed by atoms with Crippen molar-refractivity contribution in [3.05, 3.63) is 18.2 Å². The molecule has 0 aromatic carbocycles. The molecular weight excluding hydrogens is 264 g/mol. The van der Waals surface area contributed by atoms with E-state index in [0.717, 1.165) is 37.9 Å². The fraction of sp³-hybridized carbons (Fsp3) is 0.824. The van der Waals surface area contributed by atoms with Gasteiger partial charge in [0.05, 0.1) is 11.7 Å². The third-order valence-corrected chi connectivity index (χ3v) is 5.05. The van der Waals surface area contributed by atoms with Crippen molar-refractivity contribution < 1.29 is 9.84 Å². The molecule has 1 fully saturated rings. The van der Waals surface area contributed by atoms with Crippen molar-refractivity contribution in [1.82, 2.24) is 9.55 Å². The molecule has 1 atom stereocenters. The van der Waals surface area contributed by atoms with E-state index in [2.05, 4.69) is 18.8 Å². The molecule has 1 aromatic rings. The molecule has 4 nitrogen and oxygen atoms in total. The average molecular weight is 294 g/mol. The van der Waals surface area contributed by atoms with E-state index in [4.69, 9.17) is 4.74 Å². The first-order chi connectivity index (χ1) is 9.88. The zero-order valence-electron chi connectivity index (χ0n) is 13.9. The lowest BCUT2D eigenvalue weighted by Crippen LogP contribution is -2.49. The van der Waals surface area contributed by atoms with Crippen LogP contribution in [0, 0.1) is 5.41 Å². The topological polar surface area (TPSA) is 47.3 Å². The number of hydrogen-bond donors (Lipinski definition) is 1. The standard InChI is InChI=1S/C17H30N2O2/c1-5-21-17(10-8-16(2,3)9-11-17)14(20)6-7-15-18-12-13-19(15)4/h12-14,20H,5-11H2,1-4H3. The van der Waals surface area contributed by atoms with E-state index in [1.165, 1.54) is 0 Å². The van der Waals surface area contributed by atoms with E-state index in [1.54, 1.807) is 0 Å². The van der Waals surface area contributed by atoms with E-state index in [-0.39, 0.29) is 5.60 Å². The fourth-order valence-corrected chi connectivity index (χ4v) is 3.38. The van der Waals surface area contributed by atoms with Crippen LogP contribution in [-0.2, 0) is 18.2 Å². The SMILES string of the molecule is CCOC1(C(O)CCc2nccn2C)CCC(C)(C)CC1. The molecule has 1 aromatic heterocycles. The van der Waals surface area contributed by atoms with Crippen molar-refractivity contribution in [1.29, 1.82) is 0 Å². The van der Waals surface area contributed by atoms with Crippen molar-refractivity contribution >= 4 is 0 Å². The quantitative estimate of drug-likeness (QED) is 0.877. The summed E-state index contributed by atoms with van der Waals surface area (Å²) < 4.78 is 8.07. The Hall–Kier alpha value is -0.870. The Bertz CT molecular complexity index is 443. The van der Waals surface area contributed by atoms with Crippen LogP contribution in [0.2, 0.25) is 0 Å². The number of hydrogen-bond acceptors (Lipinski definition) is 3. The van der Waals surface area contributed by atoms with Crippen LogP contribution in [0.5, 0.6) is 0 Å². The van der Waals surface area contributed by atoms with Gasteiger partial charge < -0.3 is 14.4 Å². The zero-order chi connectivity index (χ0) is 15.5. The van der Waals surface area contributed by atoms with Gasteiger partial charge in [-0.15, -0.1) is 0 Å². The minimum Gasteiger partial charge on any atom is -0.390 e. The third kappa shape index (κ3) is 3.86. The molecule has 1 heterocycles. The Kier molecular flexibility index (Phi) is 5.10. The lowest BCUT2D eigenvalue weighted by molar-refractivity contribution is -0.153. The lowest BCUT2D eigenvalue weighted by Gasteiger charge is -2.46. The Morgan fingerprint density at radius 1 is 1.33 bits per heavy atom. The highest BCUT2D eigenvalue weighted by Crippen LogP contribution is 2.44. The lowest BCUT2D eigenvalue weighted by atomic mass is 9.68. The normalized spacial score (nSPS) is 22.1. The Morgan fingerprint density at radius 2 is 2.00 bits per heavy atom. The maximum Gasteiger partial charge on any atom is 0.108 e. The van der Waals surface area contributed by atoms with Gasteiger partial charge >= 0.3 is 0 Å². The molecule has 0 spiro atoms. The van der Waals surface area contributed by atoms with Crippen LogP contribution in [0.1, 0.15) is 58.7 Å². The molecule has 1 N–H and O–H groups in total. The number of nitrogens with zero attached hydrogens (tertiary/aromatic N) is 2. The molecule has 1 aliphatic rings. The summed E-state index contributed by atoms with van der Waals surface area (Å²) in [4.78, 5) is 4.34. The summed E-state index contributed by atoms with van der Waals surface area (Å²) >= 11 is 0. The Morgan fingerprint density at radius 3 is 2.52 bits per heavy atom. The largest absolute Gasteiger partial charge is 0.390 e. The first-order valence-electron chi connectivity index (χ1n) is 8.17. The molecular formula is C17H30N2O2. The highest BCUT2D eigenvalue weighted by atomic mass is 16.5. The number of rotatable bonds is 6. The van der Waals surface area contributed by atoms with Gasteiger partial charge in [-0.05, 0) is 44.4 Å². The first-order valence-corrected chi connectivity index (χ1v) is 8.17. The number of aryl methyl sites for hydroxylation is 2. The summed E-state index contributed by atoms with van der Waals surface area (Å²) in [6.45, 7) is 7.30. The maximum atomic E-state index is 10.8. The highest BCUT2D eigenvalue weighted by molar-refractivity contribution is 4.98. The van der Waals surface area contributed by atoms with Crippen LogP contribution in [0.4, 0.5) is 0 Å². The first kappa shape index (κ1) is 16.5. The van der Waals surface area contributed by atoms with Gasteiger partial charge in [-0.2, -0.15) is 0 Å². The Labute approximate surface area is 128 Å². The molecule has 2 rings (SSSR count). The molecule has 0 bridgehead atoms. The van der Waals surface area contributed by atoms with E-state index in [9.17, 15) is 5.11 Å². The summed E-state index contributed by atoms with van der Waals surface area (Å²) in [5, 5.41) is 10.8. The molecule has 21 heavy (non-hydrogen) atoms. The molecule has 0 radical (unpaired) electrons. The second kappa shape index (κ2) is 6.49. The summed E-state index contributed by atoms with van der Waals surface area (Å²) in [5.41, 5.74) is 0.0232. The molecule has 120 valence electrons. The van der Waals surface area contributed by atoms with Crippen LogP contribution >= 0.6 is 0 Å². The monoisotopic (exact) mass is 294 g/mol. The highest BCUT2D eigenvalue weighted by Gasteiger charge is 2.43. The molecule has 1 unspecified atom stereocenters. The van der Waals surface area contributed by atoms with Gasteiger partial charge in [0.25, 0.3) is 0 Å². The second-order valence-corrected chi connectivity index (χ2v) is 7.17. The predicted octanol–water partition coefficient (Wildman–Crippen LogP) is 3.09. The molecule has 0 amide bonds. The summed E-state index contributed by atoms with van der Waals surface area (Å²) in [6.07, 6.45) is 9.00. The summed E-state index contributed by atoms with van der Waals surface area (Å²) in [7, 11) is 2.00. The number of aliphatic hydroxyl groups is 1. The van der Waals surface area contributed by atoms with Crippen LogP contribution in [0.25, 0.3) is 0 Å². The van der Waals surface area contributed by atoms with Gasteiger partial charge in [0, 0.05) is 32.5 Å². The summed E-state index contributed by atoms with van der Waals surface area (Å²) in [6, 6.07) is 0. The van der Waals surface area contributed by atoms with Crippen molar-refractivity contribution in [2.45, 2.75) is 71.0 Å². The van der Waals surface area contributed by atoms with Gasteiger partial charge in [0.15, 0.2) is 0 Å². The minimum atomic E-state index is -0.412. The third-order valence-electron chi connectivity index (χ3n) is 5.05. The number of aliphatic hydroxyl groups excluding tert-OH is 1. The number of aromatic nitrogens is 2. The number of ether oxygens (including phenoxy) is 1. The van der Waals surface area contributed by atoms with Crippen molar-refractivity contribution in [3.63, 3.8) is 0 Å². The van der Waals surface area contributed by atoms with Crippen molar-refractivity contribution in [2.24, 2.45) is 12.5 Å². The Balaban J connectivity index is 1.99. The second-order valence-electron chi connectivity index (χ2n) is 7.17. The molecule has 1 aliphatic carbocycles. The van der Waals surface area contributed by atoms with Crippen LogP contribution in [0.15, 0.2) is 12.4 Å². The maximum absolute atomic E-state index is 10.8. The van der Waals surface area contributed by atoms with E-state index in [0.29, 0.717) is 18.4 Å². The van der Waals surface area contributed by atoms with E-state index in [1.807, 2.05) is 30.9 Å². The van der Waals surface area contributed by atoms with Crippen molar-refractivity contribution in [2.75, 3.05) is 6.61 Å². The zero-order valence-corrected chi connectivity index (χ0v) is 13.9. The fourth-order valence-electron chi connectivity index (χ4n) is 3.38. The minimum absolute atomic E-state index is 0.352. The van der Waals surface area contributed by atoms with Gasteiger partial charge in [-0.3, -0.25) is 0 Å². The van der Waals surface area contributed by atoms with Gasteiger partial charge in [-0.1, -0.05) is 13.8 Å². The summed E-state index contributed by atoms with van der Waals surface area (Å²) in [5.74, 6) is 1.02. The molecule has 0 aliphatic heterocycles. The van der Waals surface area contributed by atoms with Gasteiger partial charge in [0.2, 0.25) is 0 Å². The van der Waals surface area contributed by atoms with E-state index < -0.39 is 6.10 Å². The molecule has 0 saturated heterocycles. The molecule has 4 heteroatoms.